The van der Waals surface area contributed by atoms with Gasteiger partial charge in [-0.05, 0) is 84.2 Å². The van der Waals surface area contributed by atoms with E-state index in [1.54, 1.807) is 93.1 Å². The summed E-state index contributed by atoms with van der Waals surface area (Å²) in [4.78, 5) is 48.8. The molecule has 0 aliphatic carbocycles. The first-order valence-electron chi connectivity index (χ1n) is 23.9. The van der Waals surface area contributed by atoms with E-state index in [1.807, 2.05) is 24.3 Å². The quantitative estimate of drug-likeness (QED) is 0.143. The zero-order valence-electron chi connectivity index (χ0n) is 44.5. The van der Waals surface area contributed by atoms with Crippen molar-refractivity contribution in [2.45, 2.75) is 30.3 Å². The molecule has 9 aromatic rings. The minimum atomic E-state index is -1.91. The Hall–Kier alpha value is -1.15. The van der Waals surface area contributed by atoms with Crippen LogP contribution in [0.3, 0.4) is 0 Å². The third-order valence-electron chi connectivity index (χ3n) is 11.0. The molecule has 0 unspecified atom stereocenters. The molecular formula is C51H25Cl25N12O4. The Labute approximate surface area is 646 Å². The van der Waals surface area contributed by atoms with Gasteiger partial charge in [0.2, 0.25) is 37.1 Å². The van der Waals surface area contributed by atoms with Crippen molar-refractivity contribution in [3.8, 4) is 68.5 Å². The van der Waals surface area contributed by atoms with E-state index in [1.165, 1.54) is 0 Å². The van der Waals surface area contributed by atoms with Gasteiger partial charge in [0.15, 0.2) is 81.4 Å². The predicted molar refractivity (Wildman–Crippen MR) is 377 cm³/mol. The molecule has 0 radical (unpaired) electrons. The van der Waals surface area contributed by atoms with Gasteiger partial charge < -0.3 is 18.9 Å². The first-order chi connectivity index (χ1) is 42.4. The molecule has 5 heterocycles. The molecule has 41 heteroatoms. The molecule has 92 heavy (non-hydrogen) atoms. The second-order valence-corrected chi connectivity index (χ2v) is 36.1. The Bertz CT molecular complexity index is 3960. The van der Waals surface area contributed by atoms with Gasteiger partial charge in [0.25, 0.3) is 0 Å². The van der Waals surface area contributed by atoms with Crippen molar-refractivity contribution < 1.29 is 18.9 Å². The van der Waals surface area contributed by atoms with Crippen molar-refractivity contribution >= 4 is 301 Å². The summed E-state index contributed by atoms with van der Waals surface area (Å²) in [6.45, 7) is 0.134. The smallest absolute Gasteiger partial charge is 0.250 e. The Morgan fingerprint density at radius 2 is 0.630 bits per heavy atom. The average Bonchev–Trinajstić information content (AvgIpc) is 1.18. The minimum absolute atomic E-state index is 0.134. The molecule has 5 aromatic carbocycles. The van der Waals surface area contributed by atoms with Crippen LogP contribution >= 0.6 is 290 Å². The molecule has 1 aliphatic heterocycles. The van der Waals surface area contributed by atoms with Crippen LogP contribution in [0.4, 0.5) is 0 Å². The minimum Gasteiger partial charge on any atom is -0.497 e. The molecule has 0 fully saturated rings. The van der Waals surface area contributed by atoms with Crippen LogP contribution < -0.4 is 18.9 Å². The standard InChI is InChI=1S/C16H9Cl6N3O.C12H5Cl6N3O2.C12H7Cl6N3O.C11H4Cl7N3/c1-26-11-7-6-10(8-4-2-3-5-9(8)11)12-23-13(15(17,18)19)25-14(24-12)16(20,21)22;13-11(14,15)9-19-8(20-10(21-9)12(16,17)18)5-1-2-6-7(3-5)23-4-22-6;1-22-7-4-2-6(3-5-7)8-19-9(11(13,14)15)21-10(20-8)12(16,17)18;12-6-3-1-5(2-4-6)7-19-8(10(13,14)15)21-9(20-7)11(16,17)18/h2-7H,1H3;1-3H,4H2;2-5H,1H3;1-4H. The Kier molecular flexibility index (Phi) is 26.8. The predicted octanol–water partition coefficient (Wildman–Crippen LogP) is 22.3. The van der Waals surface area contributed by atoms with Crippen molar-refractivity contribution in [3.05, 3.63) is 155 Å². The monoisotopic (exact) mass is 1740 g/mol. The number of halogens is 25. The molecule has 0 atom stereocenters. The van der Waals surface area contributed by atoms with E-state index in [0.29, 0.717) is 50.3 Å². The zero-order chi connectivity index (χ0) is 68.3. The maximum atomic E-state index is 5.93. The number of methoxy groups -OCH3 is 2. The van der Waals surface area contributed by atoms with Gasteiger partial charge in [-0.3, -0.25) is 0 Å². The number of alkyl halides is 24. The van der Waals surface area contributed by atoms with Gasteiger partial charge in [-0.1, -0.05) is 314 Å². The maximum absolute atomic E-state index is 5.93. The van der Waals surface area contributed by atoms with Gasteiger partial charge in [0.1, 0.15) is 11.5 Å². The second kappa shape index (κ2) is 31.6. The fraction of sp³-hybridized carbons (Fsp3) is 0.216. The van der Waals surface area contributed by atoms with Crippen LogP contribution in [0.1, 0.15) is 46.6 Å². The van der Waals surface area contributed by atoms with E-state index in [9.17, 15) is 0 Å². The topological polar surface area (TPSA) is 192 Å². The lowest BCUT2D eigenvalue weighted by atomic mass is 10.0. The summed E-state index contributed by atoms with van der Waals surface area (Å²) in [5, 5.41) is 2.23. The second-order valence-electron chi connectivity index (χ2n) is 17.4. The number of benzene rings is 5. The lowest BCUT2D eigenvalue weighted by Crippen LogP contribution is -2.16. The molecule has 0 bridgehead atoms. The molecule has 0 amide bonds. The van der Waals surface area contributed by atoms with E-state index in [2.05, 4.69) is 59.8 Å². The number of hydrogen-bond donors (Lipinski definition) is 0. The Morgan fingerprint density at radius 1 is 0.315 bits per heavy atom. The average molecular weight is 1760 g/mol. The van der Waals surface area contributed by atoms with E-state index >= 15 is 0 Å². The van der Waals surface area contributed by atoms with Crippen molar-refractivity contribution in [1.82, 2.24) is 59.8 Å². The molecule has 488 valence electrons. The number of rotatable bonds is 6. The van der Waals surface area contributed by atoms with Gasteiger partial charge >= 0.3 is 0 Å². The number of aromatic nitrogens is 12. The van der Waals surface area contributed by atoms with E-state index in [4.69, 9.17) is 309 Å². The third kappa shape index (κ3) is 21.7. The highest BCUT2D eigenvalue weighted by Gasteiger charge is 2.38. The van der Waals surface area contributed by atoms with Crippen LogP contribution in [0.15, 0.2) is 103 Å². The van der Waals surface area contributed by atoms with Crippen molar-refractivity contribution in [3.63, 3.8) is 0 Å². The molecule has 16 nitrogen and oxygen atoms in total. The Morgan fingerprint density at radius 3 is 0.978 bits per heavy atom. The van der Waals surface area contributed by atoms with E-state index in [0.717, 1.165) is 10.8 Å². The van der Waals surface area contributed by atoms with Gasteiger partial charge in [0, 0.05) is 32.7 Å². The van der Waals surface area contributed by atoms with Crippen molar-refractivity contribution in [2.24, 2.45) is 0 Å². The molecule has 0 saturated carbocycles. The van der Waals surface area contributed by atoms with Gasteiger partial charge in [0.05, 0.1) is 14.2 Å². The fourth-order valence-corrected chi connectivity index (χ4v) is 9.20. The summed E-state index contributed by atoms with van der Waals surface area (Å²) in [6.07, 6.45) is 0. The number of fused-ring (bicyclic) bond motifs is 2. The lowest BCUT2D eigenvalue weighted by molar-refractivity contribution is 0.174. The normalized spacial score (nSPS) is 12.9. The number of ether oxygens (including phenoxy) is 4. The molecule has 0 N–H and O–H groups in total. The number of hydrogen-bond acceptors (Lipinski definition) is 16. The van der Waals surface area contributed by atoms with Crippen LogP contribution in [-0.2, 0) is 30.3 Å². The van der Waals surface area contributed by atoms with Gasteiger partial charge in [-0.2, -0.15) is 0 Å². The summed E-state index contributed by atoms with van der Waals surface area (Å²) in [5.41, 5.74) is 2.43. The van der Waals surface area contributed by atoms with Gasteiger partial charge in [-0.25, -0.2) is 59.8 Å². The van der Waals surface area contributed by atoms with Crippen LogP contribution in [0.5, 0.6) is 23.0 Å². The summed E-state index contributed by atoms with van der Waals surface area (Å²) < 4.78 is 5.87. The summed E-state index contributed by atoms with van der Waals surface area (Å²) in [7, 11) is 3.14. The first-order valence-corrected chi connectivity index (χ1v) is 33.4. The summed E-state index contributed by atoms with van der Waals surface area (Å²) >= 11 is 146. The molecule has 4 aromatic heterocycles. The molecule has 10 rings (SSSR count). The largest absolute Gasteiger partial charge is 0.497 e. The van der Waals surface area contributed by atoms with Crippen LogP contribution in [0, 0.1) is 0 Å². The van der Waals surface area contributed by atoms with Gasteiger partial charge in [-0.15, -0.1) is 0 Å². The van der Waals surface area contributed by atoms with Crippen molar-refractivity contribution in [2.75, 3.05) is 21.0 Å². The van der Waals surface area contributed by atoms with Crippen LogP contribution in [0.2, 0.25) is 5.02 Å². The van der Waals surface area contributed by atoms with Crippen LogP contribution in [0.25, 0.3) is 56.3 Å². The zero-order valence-corrected chi connectivity index (χ0v) is 63.4. The summed E-state index contributed by atoms with van der Waals surface area (Å²) in [6, 6.07) is 29.8. The third-order valence-corrected chi connectivity index (χ3v) is 15.3. The fourth-order valence-electron chi connectivity index (χ4n) is 7.04. The Balaban J connectivity index is 0.000000175. The highest BCUT2D eigenvalue weighted by atomic mass is 35.6. The molecule has 0 spiro atoms. The van der Waals surface area contributed by atoms with Crippen molar-refractivity contribution in [1.29, 1.82) is 0 Å². The number of nitrogens with zero attached hydrogens (tertiary/aromatic N) is 12. The molecular weight excluding hydrogens is 1730 g/mol. The lowest BCUT2D eigenvalue weighted by Gasteiger charge is -2.16. The van der Waals surface area contributed by atoms with E-state index in [-0.39, 0.29) is 76.7 Å². The molecule has 1 aliphatic rings. The summed E-state index contributed by atoms with van der Waals surface area (Å²) in [5.74, 6) is 2.11. The highest BCUT2D eigenvalue weighted by molar-refractivity contribution is 6.70. The maximum Gasteiger partial charge on any atom is 0.250 e. The first kappa shape index (κ1) is 78.2. The molecule has 0 saturated heterocycles. The highest BCUT2D eigenvalue weighted by Crippen LogP contribution is 2.46. The van der Waals surface area contributed by atoms with Crippen LogP contribution in [-0.4, -0.2) is 80.8 Å². The van der Waals surface area contributed by atoms with E-state index < -0.39 is 30.3 Å². The SMILES string of the molecule is COc1ccc(-c2nc(C(Cl)(Cl)Cl)nc(C(Cl)(Cl)Cl)n2)c2ccccc12.COc1ccc(-c2nc(C(Cl)(Cl)Cl)nc(C(Cl)(Cl)Cl)n2)cc1.ClC(Cl)(Cl)c1nc(-c2ccc3c(c2)OCO3)nc(C(Cl)(Cl)Cl)n1.Clc1ccc(-c2nc(C(Cl)(Cl)Cl)nc(C(Cl)(Cl)Cl)n2)cc1.